The molecule has 2 aromatic carbocycles. The first kappa shape index (κ1) is 28.1. The summed E-state index contributed by atoms with van der Waals surface area (Å²) in [7, 11) is -6.07. The van der Waals surface area contributed by atoms with Crippen molar-refractivity contribution in [1.82, 2.24) is 0 Å². The van der Waals surface area contributed by atoms with Crippen LogP contribution in [0.1, 0.15) is 95.5 Å². The summed E-state index contributed by atoms with van der Waals surface area (Å²) in [6.45, 7) is 2.24. The van der Waals surface area contributed by atoms with Gasteiger partial charge in [-0.05, 0) is 85.3 Å². The summed E-state index contributed by atoms with van der Waals surface area (Å²) in [6.07, 6.45) is 14.5. The highest BCUT2D eigenvalue weighted by Gasteiger charge is 2.49. The van der Waals surface area contributed by atoms with E-state index in [0.29, 0.717) is 5.92 Å². The fraction of sp³-hybridized carbons (Fsp3) is 0.643. The van der Waals surface area contributed by atoms with Crippen molar-refractivity contribution in [2.75, 3.05) is 0 Å². The Kier molecular flexibility index (Phi) is 8.71. The van der Waals surface area contributed by atoms with Crippen molar-refractivity contribution >= 4 is 20.9 Å². The second-order valence-electron chi connectivity index (χ2n) is 10.9. The molecule has 0 aliphatic heterocycles. The number of alkyl halides is 3. The molecular formula is C28H35F5O3S. The van der Waals surface area contributed by atoms with E-state index in [2.05, 4.69) is 11.1 Å². The fourth-order valence-corrected chi connectivity index (χ4v) is 6.85. The average molecular weight is 547 g/mol. The van der Waals surface area contributed by atoms with Crippen molar-refractivity contribution in [1.29, 1.82) is 0 Å². The van der Waals surface area contributed by atoms with Gasteiger partial charge in [0.05, 0.1) is 5.39 Å². The van der Waals surface area contributed by atoms with E-state index in [1.165, 1.54) is 63.5 Å². The van der Waals surface area contributed by atoms with Crippen molar-refractivity contribution in [2.24, 2.45) is 17.8 Å². The molecule has 2 aliphatic carbocycles. The summed E-state index contributed by atoms with van der Waals surface area (Å²) < 4.78 is 94.0. The molecule has 37 heavy (non-hydrogen) atoms. The maximum Gasteiger partial charge on any atom is 0.534 e. The molecule has 0 bridgehead atoms. The van der Waals surface area contributed by atoms with Gasteiger partial charge in [-0.1, -0.05) is 57.6 Å². The molecule has 2 saturated carbocycles. The number of unbranched alkanes of at least 4 members (excludes halogenated alkanes) is 2. The number of fused-ring (bicyclic) bond motifs is 1. The third-order valence-corrected chi connectivity index (χ3v) is 9.46. The normalized spacial score (nSPS) is 25.4. The Bertz CT molecular complexity index is 1180. The van der Waals surface area contributed by atoms with E-state index in [9.17, 15) is 30.4 Å². The van der Waals surface area contributed by atoms with Gasteiger partial charge in [0.25, 0.3) is 0 Å². The van der Waals surface area contributed by atoms with E-state index in [-0.39, 0.29) is 11.3 Å². The van der Waals surface area contributed by atoms with Gasteiger partial charge < -0.3 is 4.18 Å². The molecule has 0 saturated heterocycles. The number of rotatable bonds is 8. The first-order valence-corrected chi connectivity index (χ1v) is 14.8. The van der Waals surface area contributed by atoms with Crippen molar-refractivity contribution in [3.8, 4) is 5.75 Å². The fourth-order valence-electron chi connectivity index (χ4n) is 6.40. The molecule has 0 unspecified atom stereocenters. The predicted molar refractivity (Wildman–Crippen MR) is 134 cm³/mol. The van der Waals surface area contributed by atoms with Crippen LogP contribution in [0.25, 0.3) is 10.8 Å². The molecule has 0 radical (unpaired) electrons. The van der Waals surface area contributed by atoms with Crippen LogP contribution >= 0.6 is 0 Å². The standard InChI is InChI=1S/C28H35F5O3S/c1-2-3-4-5-18-6-8-19(9-7-18)20-10-12-21(13-11-20)23-16-22-14-15-25(27(30)26(22)24(29)17-23)36-37(34,35)28(31,32)33/h14-21H,2-13H2,1H3. The highest BCUT2D eigenvalue weighted by Crippen LogP contribution is 2.45. The summed E-state index contributed by atoms with van der Waals surface area (Å²) in [6, 6.07) is 4.85. The largest absolute Gasteiger partial charge is 0.534 e. The van der Waals surface area contributed by atoms with Gasteiger partial charge in [0, 0.05) is 0 Å². The summed E-state index contributed by atoms with van der Waals surface area (Å²) in [5.74, 6) is -1.14. The SMILES string of the molecule is CCCCCC1CCC(C2CCC(c3cc(F)c4c(F)c(OS(=O)(=O)C(F)(F)F)ccc4c3)CC2)CC1. The number of benzene rings is 2. The lowest BCUT2D eigenvalue weighted by molar-refractivity contribution is -0.0500. The van der Waals surface area contributed by atoms with Crippen LogP contribution in [0.2, 0.25) is 0 Å². The summed E-state index contributed by atoms with van der Waals surface area (Å²) in [4.78, 5) is 0. The molecule has 2 aromatic rings. The second-order valence-corrected chi connectivity index (χ2v) is 12.4. The quantitative estimate of drug-likeness (QED) is 0.144. The van der Waals surface area contributed by atoms with E-state index in [0.717, 1.165) is 49.1 Å². The molecule has 2 aliphatic rings. The molecule has 0 amide bonds. The zero-order chi connectivity index (χ0) is 26.8. The average Bonchev–Trinajstić information content (AvgIpc) is 2.85. The molecule has 0 atom stereocenters. The number of halogens is 5. The number of hydrogen-bond acceptors (Lipinski definition) is 3. The van der Waals surface area contributed by atoms with E-state index >= 15 is 0 Å². The van der Waals surface area contributed by atoms with Crippen LogP contribution in [-0.2, 0) is 10.1 Å². The maximum absolute atomic E-state index is 15.0. The van der Waals surface area contributed by atoms with Gasteiger partial charge >= 0.3 is 15.6 Å². The van der Waals surface area contributed by atoms with E-state index in [4.69, 9.17) is 0 Å². The van der Waals surface area contributed by atoms with Gasteiger partial charge in [0.2, 0.25) is 0 Å². The van der Waals surface area contributed by atoms with Crippen LogP contribution in [0.3, 0.4) is 0 Å². The smallest absolute Gasteiger partial charge is 0.373 e. The minimum atomic E-state index is -6.07. The third kappa shape index (κ3) is 6.40. The lowest BCUT2D eigenvalue weighted by atomic mass is 9.68. The van der Waals surface area contributed by atoms with Crippen LogP contribution in [0, 0.1) is 29.4 Å². The Balaban J connectivity index is 1.40. The molecule has 3 nitrogen and oxygen atoms in total. The Labute approximate surface area is 215 Å². The first-order chi connectivity index (χ1) is 17.5. The van der Waals surface area contributed by atoms with Crippen molar-refractivity contribution < 1.29 is 34.6 Å². The van der Waals surface area contributed by atoms with Gasteiger partial charge in [-0.2, -0.15) is 21.6 Å². The molecular weight excluding hydrogens is 511 g/mol. The van der Waals surface area contributed by atoms with Crippen LogP contribution < -0.4 is 4.18 Å². The zero-order valence-electron chi connectivity index (χ0n) is 21.1. The highest BCUT2D eigenvalue weighted by molar-refractivity contribution is 7.88. The van der Waals surface area contributed by atoms with Gasteiger partial charge in [0.1, 0.15) is 5.82 Å². The van der Waals surface area contributed by atoms with Gasteiger partial charge in [0.15, 0.2) is 11.6 Å². The molecule has 2 fully saturated rings. The van der Waals surface area contributed by atoms with Crippen LogP contribution in [-0.4, -0.2) is 13.9 Å². The maximum atomic E-state index is 15.0. The molecule has 4 rings (SSSR count). The van der Waals surface area contributed by atoms with Gasteiger partial charge in [-0.3, -0.25) is 0 Å². The molecule has 9 heteroatoms. The molecule has 0 spiro atoms. The van der Waals surface area contributed by atoms with Crippen LogP contribution in [0.5, 0.6) is 5.75 Å². The van der Waals surface area contributed by atoms with Gasteiger partial charge in [-0.15, -0.1) is 0 Å². The summed E-state index contributed by atoms with van der Waals surface area (Å²) in [5, 5.41) is -0.421. The summed E-state index contributed by atoms with van der Waals surface area (Å²) in [5.41, 5.74) is -4.98. The zero-order valence-corrected chi connectivity index (χ0v) is 21.9. The van der Waals surface area contributed by atoms with Crippen molar-refractivity contribution in [3.05, 3.63) is 41.5 Å². The third-order valence-electron chi connectivity index (χ3n) is 8.49. The van der Waals surface area contributed by atoms with E-state index in [1.807, 2.05) is 0 Å². The monoisotopic (exact) mass is 546 g/mol. The van der Waals surface area contributed by atoms with Crippen LogP contribution in [0.15, 0.2) is 24.3 Å². The summed E-state index contributed by atoms with van der Waals surface area (Å²) >= 11 is 0. The molecule has 0 aromatic heterocycles. The number of hydrogen-bond donors (Lipinski definition) is 0. The highest BCUT2D eigenvalue weighted by atomic mass is 32.2. The van der Waals surface area contributed by atoms with Crippen molar-refractivity contribution in [2.45, 2.75) is 95.4 Å². The minimum Gasteiger partial charge on any atom is -0.373 e. The molecule has 206 valence electrons. The topological polar surface area (TPSA) is 43.4 Å². The lowest BCUT2D eigenvalue weighted by Crippen LogP contribution is -2.28. The Morgan fingerprint density at radius 3 is 2.11 bits per heavy atom. The van der Waals surface area contributed by atoms with Gasteiger partial charge in [-0.25, -0.2) is 8.78 Å². The Morgan fingerprint density at radius 2 is 1.51 bits per heavy atom. The second kappa shape index (κ2) is 11.5. The lowest BCUT2D eigenvalue weighted by Gasteiger charge is -2.38. The minimum absolute atomic E-state index is 0.130. The van der Waals surface area contributed by atoms with Crippen molar-refractivity contribution in [3.63, 3.8) is 0 Å². The molecule has 0 heterocycles. The Morgan fingerprint density at radius 1 is 0.892 bits per heavy atom. The van der Waals surface area contributed by atoms with Crippen LogP contribution in [0.4, 0.5) is 22.0 Å². The predicted octanol–water partition coefficient (Wildman–Crippen LogP) is 9.01. The Hall–Kier alpha value is -1.90. The first-order valence-electron chi connectivity index (χ1n) is 13.4. The van der Waals surface area contributed by atoms with E-state index < -0.39 is 38.4 Å². The van der Waals surface area contributed by atoms with E-state index in [1.54, 1.807) is 6.07 Å². The molecule has 0 N–H and O–H groups in total.